The van der Waals surface area contributed by atoms with E-state index in [2.05, 4.69) is 26.0 Å². The number of sulfonamides is 1. The van der Waals surface area contributed by atoms with Gasteiger partial charge in [-0.1, -0.05) is 15.9 Å². The maximum absolute atomic E-state index is 12.2. The molecule has 1 fully saturated rings. The normalized spacial score (nSPS) is 19.8. The molecule has 2 N–H and O–H groups in total. The highest BCUT2D eigenvalue weighted by molar-refractivity contribution is 9.10. The van der Waals surface area contributed by atoms with Crippen molar-refractivity contribution in [1.29, 1.82) is 0 Å². The highest BCUT2D eigenvalue weighted by Gasteiger charge is 2.21. The lowest BCUT2D eigenvalue weighted by Gasteiger charge is -2.23. The number of halogens is 2. The van der Waals surface area contributed by atoms with Gasteiger partial charge in [-0.25, -0.2) is 13.1 Å². The fourth-order valence-corrected chi connectivity index (χ4v) is 4.26. The van der Waals surface area contributed by atoms with Crippen molar-refractivity contribution in [2.75, 3.05) is 13.1 Å². The summed E-state index contributed by atoms with van der Waals surface area (Å²) >= 11 is 3.33. The molecule has 0 saturated carbocycles. The Labute approximate surface area is 128 Å². The maximum atomic E-state index is 12.2. The van der Waals surface area contributed by atoms with E-state index in [1.807, 2.05) is 13.0 Å². The quantitative estimate of drug-likeness (QED) is 0.859. The van der Waals surface area contributed by atoms with Crippen LogP contribution in [0, 0.1) is 6.92 Å². The Morgan fingerprint density at radius 2 is 2.11 bits per heavy atom. The first-order valence-electron chi connectivity index (χ1n) is 5.97. The van der Waals surface area contributed by atoms with E-state index in [4.69, 9.17) is 0 Å². The van der Waals surface area contributed by atoms with Crippen LogP contribution in [0.1, 0.15) is 18.4 Å². The Morgan fingerprint density at radius 3 is 2.68 bits per heavy atom. The minimum atomic E-state index is -3.42. The van der Waals surface area contributed by atoms with Crippen LogP contribution in [0.5, 0.6) is 0 Å². The van der Waals surface area contributed by atoms with Crippen LogP contribution in [0.25, 0.3) is 0 Å². The minimum Gasteiger partial charge on any atom is -0.315 e. The van der Waals surface area contributed by atoms with E-state index in [9.17, 15) is 8.42 Å². The number of benzene rings is 1. The Kier molecular flexibility index (Phi) is 6.26. The molecule has 108 valence electrons. The molecule has 1 atom stereocenters. The molecule has 0 spiro atoms. The molecule has 1 aromatic rings. The first-order chi connectivity index (χ1) is 8.47. The van der Waals surface area contributed by atoms with E-state index in [1.54, 1.807) is 12.1 Å². The third-order valence-electron chi connectivity index (χ3n) is 2.94. The van der Waals surface area contributed by atoms with Crippen LogP contribution in [0.3, 0.4) is 0 Å². The second kappa shape index (κ2) is 7.04. The van der Waals surface area contributed by atoms with Crippen molar-refractivity contribution < 1.29 is 8.42 Å². The highest BCUT2D eigenvalue weighted by atomic mass is 79.9. The fourth-order valence-electron chi connectivity index (χ4n) is 2.10. The van der Waals surface area contributed by atoms with E-state index in [0.29, 0.717) is 11.4 Å². The summed E-state index contributed by atoms with van der Waals surface area (Å²) in [6.45, 7) is 3.55. The van der Waals surface area contributed by atoms with Gasteiger partial charge in [-0.15, -0.1) is 12.4 Å². The molecule has 0 bridgehead atoms. The molecule has 1 unspecified atom stereocenters. The molecule has 1 heterocycles. The van der Waals surface area contributed by atoms with Crippen LogP contribution >= 0.6 is 28.3 Å². The van der Waals surface area contributed by atoms with Crippen molar-refractivity contribution in [2.24, 2.45) is 0 Å². The van der Waals surface area contributed by atoms with Crippen LogP contribution in [0.4, 0.5) is 0 Å². The molecule has 19 heavy (non-hydrogen) atoms. The standard InChI is InChI=1S/C12H17BrN2O2S.ClH/c1-9-5-10(13)7-12(6-9)18(16,17)15-11-3-2-4-14-8-11;/h5-7,11,14-15H,2-4,8H2,1H3;1H. The van der Waals surface area contributed by atoms with E-state index in [1.165, 1.54) is 0 Å². The van der Waals surface area contributed by atoms with Gasteiger partial charge >= 0.3 is 0 Å². The largest absolute Gasteiger partial charge is 0.315 e. The summed E-state index contributed by atoms with van der Waals surface area (Å²) in [7, 11) is -3.42. The molecule has 0 aromatic heterocycles. The van der Waals surface area contributed by atoms with Gasteiger partial charge in [0.2, 0.25) is 10.0 Å². The maximum Gasteiger partial charge on any atom is 0.240 e. The number of piperidine rings is 1. The molecule has 4 nitrogen and oxygen atoms in total. The first-order valence-corrected chi connectivity index (χ1v) is 8.25. The molecular weight excluding hydrogens is 352 g/mol. The predicted octanol–water partition coefficient (Wildman–Crippen LogP) is 2.21. The topological polar surface area (TPSA) is 58.2 Å². The lowest BCUT2D eigenvalue weighted by Crippen LogP contribution is -2.45. The molecule has 7 heteroatoms. The van der Waals surface area contributed by atoms with Gasteiger partial charge < -0.3 is 5.32 Å². The van der Waals surface area contributed by atoms with Crippen molar-refractivity contribution in [2.45, 2.75) is 30.7 Å². The molecule has 2 rings (SSSR count). The average molecular weight is 370 g/mol. The molecule has 0 aliphatic carbocycles. The summed E-state index contributed by atoms with van der Waals surface area (Å²) in [5.74, 6) is 0. The highest BCUT2D eigenvalue weighted by Crippen LogP contribution is 2.19. The van der Waals surface area contributed by atoms with Gasteiger partial charge in [0.25, 0.3) is 0 Å². The third kappa shape index (κ3) is 4.72. The van der Waals surface area contributed by atoms with E-state index in [-0.39, 0.29) is 18.4 Å². The van der Waals surface area contributed by atoms with Crippen LogP contribution < -0.4 is 10.0 Å². The van der Waals surface area contributed by atoms with E-state index >= 15 is 0 Å². The van der Waals surface area contributed by atoms with Gasteiger partial charge in [0.1, 0.15) is 0 Å². The molecule has 1 aliphatic heterocycles. The van der Waals surface area contributed by atoms with Crippen LogP contribution in [0.2, 0.25) is 0 Å². The van der Waals surface area contributed by atoms with Crippen molar-refractivity contribution in [3.63, 3.8) is 0 Å². The second-order valence-electron chi connectivity index (χ2n) is 4.63. The molecule has 0 radical (unpaired) electrons. The van der Waals surface area contributed by atoms with Crippen LogP contribution in [-0.4, -0.2) is 27.5 Å². The minimum absolute atomic E-state index is 0. The molecule has 1 aliphatic rings. The average Bonchev–Trinajstić information content (AvgIpc) is 2.28. The van der Waals surface area contributed by atoms with Crippen molar-refractivity contribution in [1.82, 2.24) is 10.0 Å². The molecule has 1 aromatic carbocycles. The van der Waals surface area contributed by atoms with Gasteiger partial charge in [-0.2, -0.15) is 0 Å². The van der Waals surface area contributed by atoms with Gasteiger partial charge in [-0.3, -0.25) is 0 Å². The van der Waals surface area contributed by atoms with Gasteiger partial charge in [0, 0.05) is 17.1 Å². The molecular formula is C12H18BrClN2O2S. The van der Waals surface area contributed by atoms with Crippen molar-refractivity contribution in [3.05, 3.63) is 28.2 Å². The van der Waals surface area contributed by atoms with E-state index in [0.717, 1.165) is 29.4 Å². The van der Waals surface area contributed by atoms with Crippen LogP contribution in [0.15, 0.2) is 27.6 Å². The SMILES string of the molecule is Cc1cc(Br)cc(S(=O)(=O)NC2CCCNC2)c1.Cl. The lowest BCUT2D eigenvalue weighted by atomic mass is 10.1. The number of aryl methyl sites for hydroxylation is 1. The fraction of sp³-hybridized carbons (Fsp3) is 0.500. The summed E-state index contributed by atoms with van der Waals surface area (Å²) in [6.07, 6.45) is 1.89. The number of nitrogens with one attached hydrogen (secondary N) is 2. The smallest absolute Gasteiger partial charge is 0.240 e. The van der Waals surface area contributed by atoms with Crippen molar-refractivity contribution >= 4 is 38.4 Å². The Hall–Kier alpha value is -0.140. The van der Waals surface area contributed by atoms with Crippen LogP contribution in [-0.2, 0) is 10.0 Å². The van der Waals surface area contributed by atoms with Crippen molar-refractivity contribution in [3.8, 4) is 0 Å². The third-order valence-corrected chi connectivity index (χ3v) is 4.90. The molecule has 1 saturated heterocycles. The summed E-state index contributed by atoms with van der Waals surface area (Å²) in [5.41, 5.74) is 0.923. The Morgan fingerprint density at radius 1 is 1.37 bits per heavy atom. The molecule has 0 amide bonds. The summed E-state index contributed by atoms with van der Waals surface area (Å²) in [6, 6.07) is 5.19. The number of hydrogen-bond donors (Lipinski definition) is 2. The zero-order valence-electron chi connectivity index (χ0n) is 10.6. The summed E-state index contributed by atoms with van der Waals surface area (Å²) in [5, 5.41) is 3.20. The zero-order valence-corrected chi connectivity index (χ0v) is 13.9. The van der Waals surface area contributed by atoms with Gasteiger partial charge in [0.15, 0.2) is 0 Å². The summed E-state index contributed by atoms with van der Waals surface area (Å²) in [4.78, 5) is 0.319. The monoisotopic (exact) mass is 368 g/mol. The lowest BCUT2D eigenvalue weighted by molar-refractivity contribution is 0.428. The number of rotatable bonds is 3. The predicted molar refractivity (Wildman–Crippen MR) is 82.3 cm³/mol. The number of hydrogen-bond acceptors (Lipinski definition) is 3. The Balaban J connectivity index is 0.00000180. The Bertz CT molecular complexity index is 510. The van der Waals surface area contributed by atoms with Gasteiger partial charge in [0.05, 0.1) is 4.90 Å². The van der Waals surface area contributed by atoms with Gasteiger partial charge in [-0.05, 0) is 50.1 Å². The second-order valence-corrected chi connectivity index (χ2v) is 7.26. The van der Waals surface area contributed by atoms with E-state index < -0.39 is 10.0 Å². The zero-order chi connectivity index (χ0) is 13.2. The first kappa shape index (κ1) is 16.9. The summed E-state index contributed by atoms with van der Waals surface area (Å²) < 4.78 is 28.0.